The van der Waals surface area contributed by atoms with Crippen molar-refractivity contribution in [3.05, 3.63) is 434 Å². The molecule has 0 saturated heterocycles. The Morgan fingerprint density at radius 2 is 0.514 bits per heavy atom. The number of halogens is 13. The SMILES string of the molecule is CC(=O)C=C(c1cccc(F)c1)c1cccc(F)c1.CC(=O)CC(c1cccc(F)c1)c1cccc(F)c1.NC(=O)CC(c1cccc(F)c1)c1cccc(F)c1.O=C(Cl)CC(c1cccc(F)c1)c1cccc(F)c1.O=C(O)CC(c1cccc(F)c1)c1cccc(F)c1.O=C(c1cccc(F)c1)c1cccc(F)c1. The highest BCUT2D eigenvalue weighted by molar-refractivity contribution is 6.63. The zero-order valence-electron chi connectivity index (χ0n) is 59.3. The van der Waals surface area contributed by atoms with E-state index < -0.39 is 93.0 Å². The monoisotopic (exact) mass is 1540 g/mol. The summed E-state index contributed by atoms with van der Waals surface area (Å²) in [5.41, 5.74) is 12.0. The van der Waals surface area contributed by atoms with Gasteiger partial charge < -0.3 is 10.8 Å². The first kappa shape index (κ1) is 85.7. The summed E-state index contributed by atoms with van der Waals surface area (Å²) in [5, 5.41) is 8.41. The lowest BCUT2D eigenvalue weighted by Gasteiger charge is -2.16. The second kappa shape index (κ2) is 42.9. The summed E-state index contributed by atoms with van der Waals surface area (Å²) in [6, 6.07) is 69.6. The number of Topliss-reactive ketones (excluding diaryl/α,β-unsaturated/α-hetero) is 1. The summed E-state index contributed by atoms with van der Waals surface area (Å²) >= 11 is 5.43. The number of carboxylic acids is 1. The van der Waals surface area contributed by atoms with Gasteiger partial charge in [0, 0.05) is 54.1 Å². The van der Waals surface area contributed by atoms with Gasteiger partial charge >= 0.3 is 5.97 Å². The predicted octanol–water partition coefficient (Wildman–Crippen LogP) is 22.1. The van der Waals surface area contributed by atoms with Crippen LogP contribution in [-0.2, 0) is 24.0 Å². The largest absolute Gasteiger partial charge is 0.481 e. The summed E-state index contributed by atoms with van der Waals surface area (Å²) in [6.07, 6.45) is 1.39. The van der Waals surface area contributed by atoms with Crippen molar-refractivity contribution in [3.8, 4) is 0 Å². The number of carbonyl (C=O) groups is 6. The van der Waals surface area contributed by atoms with E-state index in [4.69, 9.17) is 22.4 Å². The van der Waals surface area contributed by atoms with Crippen LogP contribution in [0.15, 0.2) is 297 Å². The van der Waals surface area contributed by atoms with Gasteiger partial charge in [0.05, 0.1) is 6.42 Å². The lowest BCUT2D eigenvalue weighted by Crippen LogP contribution is -2.16. The van der Waals surface area contributed by atoms with Crippen LogP contribution in [0.25, 0.3) is 5.57 Å². The van der Waals surface area contributed by atoms with Gasteiger partial charge in [-0.2, -0.15) is 0 Å². The molecule has 0 aliphatic heterocycles. The number of ketones is 3. The molecular weight excluding hydrogens is 1470 g/mol. The number of carbonyl (C=O) groups excluding carboxylic acids is 5. The molecule has 0 unspecified atom stereocenters. The van der Waals surface area contributed by atoms with Crippen LogP contribution in [0.5, 0.6) is 0 Å². The Morgan fingerprint density at radius 3 is 0.721 bits per heavy atom. The Bertz CT molecular complexity index is 4520. The second-order valence-corrected chi connectivity index (χ2v) is 25.3. The molecule has 0 spiro atoms. The van der Waals surface area contributed by atoms with Crippen LogP contribution in [0.1, 0.15) is 135 Å². The molecule has 0 fully saturated rings. The summed E-state index contributed by atoms with van der Waals surface area (Å²) in [5.74, 6) is -8.85. The number of aliphatic carboxylic acids is 1. The number of hydrogen-bond donors (Lipinski definition) is 2. The maximum Gasteiger partial charge on any atom is 0.304 e. The van der Waals surface area contributed by atoms with Crippen LogP contribution in [0, 0.1) is 69.8 Å². The first-order chi connectivity index (χ1) is 53.0. The van der Waals surface area contributed by atoms with Gasteiger partial charge in [-0.05, 0) is 238 Å². The fourth-order valence-electron chi connectivity index (χ4n) is 11.6. The van der Waals surface area contributed by atoms with Gasteiger partial charge in [-0.25, -0.2) is 52.7 Å². The van der Waals surface area contributed by atoms with Crippen molar-refractivity contribution in [2.24, 2.45) is 5.73 Å². The van der Waals surface area contributed by atoms with Crippen molar-refractivity contribution in [1.29, 1.82) is 0 Å². The highest BCUT2D eigenvalue weighted by atomic mass is 35.5. The molecule has 0 heterocycles. The molecule has 21 heteroatoms. The summed E-state index contributed by atoms with van der Waals surface area (Å²) in [6.45, 7) is 2.88. The predicted molar refractivity (Wildman–Crippen MR) is 402 cm³/mol. The molecule has 111 heavy (non-hydrogen) atoms. The van der Waals surface area contributed by atoms with E-state index >= 15 is 0 Å². The molecule has 0 saturated carbocycles. The van der Waals surface area contributed by atoms with Gasteiger partial charge in [0.1, 0.15) is 75.6 Å². The highest BCUT2D eigenvalue weighted by Crippen LogP contribution is 2.34. The molecule has 0 aromatic heterocycles. The topological polar surface area (TPSA) is 149 Å². The molecule has 0 atom stereocenters. The molecule has 0 aliphatic carbocycles. The zero-order valence-corrected chi connectivity index (χ0v) is 60.1. The third-order valence-electron chi connectivity index (χ3n) is 16.4. The highest BCUT2D eigenvalue weighted by Gasteiger charge is 2.23. The first-order valence-corrected chi connectivity index (χ1v) is 34.4. The van der Waals surface area contributed by atoms with Gasteiger partial charge in [-0.1, -0.05) is 146 Å². The number of benzene rings is 12. The average Bonchev–Trinajstić information content (AvgIpc) is 0.844. The Hall–Kier alpha value is -12.6. The number of amides is 1. The Kier molecular flexibility index (Phi) is 33.1. The third kappa shape index (κ3) is 28.8. The smallest absolute Gasteiger partial charge is 0.304 e. The zero-order chi connectivity index (χ0) is 80.7. The van der Waals surface area contributed by atoms with E-state index in [0.29, 0.717) is 61.2 Å². The summed E-state index contributed by atoms with van der Waals surface area (Å²) in [4.78, 5) is 67.8. The van der Waals surface area contributed by atoms with E-state index in [2.05, 4.69) is 0 Å². The van der Waals surface area contributed by atoms with E-state index in [9.17, 15) is 81.5 Å². The second-order valence-electron chi connectivity index (χ2n) is 24.9. The van der Waals surface area contributed by atoms with Gasteiger partial charge in [-0.3, -0.25) is 28.8 Å². The minimum absolute atomic E-state index is 0.00549. The van der Waals surface area contributed by atoms with Crippen molar-refractivity contribution in [2.45, 2.75) is 63.2 Å². The third-order valence-corrected chi connectivity index (χ3v) is 16.6. The molecule has 12 aromatic carbocycles. The summed E-state index contributed by atoms with van der Waals surface area (Å²) in [7, 11) is 0. The molecule has 0 bridgehead atoms. The normalized spacial score (nSPS) is 10.5. The average molecular weight is 1540 g/mol. The lowest BCUT2D eigenvalue weighted by molar-refractivity contribution is -0.137. The molecule has 3 N–H and O–H groups in total. The van der Waals surface area contributed by atoms with Crippen LogP contribution in [0.4, 0.5) is 52.7 Å². The van der Waals surface area contributed by atoms with Crippen LogP contribution in [0.2, 0.25) is 0 Å². The van der Waals surface area contributed by atoms with Crippen molar-refractivity contribution in [3.63, 3.8) is 0 Å². The molecular formula is C90H70ClF12NO7. The van der Waals surface area contributed by atoms with Crippen molar-refractivity contribution >= 4 is 51.6 Å². The maximum atomic E-state index is 13.3. The van der Waals surface area contributed by atoms with E-state index in [1.165, 1.54) is 190 Å². The van der Waals surface area contributed by atoms with Crippen molar-refractivity contribution in [2.75, 3.05) is 0 Å². The number of hydrogen-bond acceptors (Lipinski definition) is 6. The van der Waals surface area contributed by atoms with Crippen molar-refractivity contribution in [1.82, 2.24) is 0 Å². The summed E-state index contributed by atoms with van der Waals surface area (Å²) < 4.78 is 158. The number of rotatable bonds is 21. The number of nitrogens with two attached hydrogens (primary N) is 1. The van der Waals surface area contributed by atoms with E-state index in [0.717, 1.165) is 12.1 Å². The quantitative estimate of drug-likeness (QED) is 0.0315. The molecule has 0 radical (unpaired) electrons. The first-order valence-electron chi connectivity index (χ1n) is 34.0. The standard InChI is InChI=1S/C16H14F2O.C16H12F2O.C15H11ClF2O.C15H13F2NO.C15H12F2O2.C13H8F2O/c2*1-11(19)8-16(12-4-2-6-14(17)9-12)13-5-3-7-15(18)10-13;16-15(19)9-14(10-3-1-5-12(17)7-10)11-4-2-6-13(18)8-11;2*16-12-5-1-3-10(7-12)14(9-15(18)19)11-4-2-6-13(17)8-11;14-11-5-1-3-9(7-11)13(16)10-4-2-6-12(15)8-10/h2-7,9-10,16H,8H2,1H3;2-10H,1H3;1-8,14H,9H2;1-8,14H,9H2,(H2,18,19);1-8,14H,9H2,(H,18,19);1-8H. The molecule has 1 amide bonds. The number of allylic oxidation sites excluding steroid dienone is 1. The Morgan fingerprint density at radius 1 is 0.306 bits per heavy atom. The molecule has 0 aliphatic rings. The molecule has 568 valence electrons. The molecule has 12 aromatic rings. The minimum Gasteiger partial charge on any atom is -0.481 e. The minimum atomic E-state index is -1.02. The van der Waals surface area contributed by atoms with E-state index in [1.807, 2.05) is 0 Å². The fourth-order valence-corrected chi connectivity index (χ4v) is 11.8. The number of carboxylic acid groups (broad SMARTS) is 1. The van der Waals surface area contributed by atoms with Gasteiger partial charge in [0.15, 0.2) is 11.6 Å². The van der Waals surface area contributed by atoms with Crippen LogP contribution < -0.4 is 5.73 Å². The molecule has 12 rings (SSSR count). The van der Waals surface area contributed by atoms with Crippen LogP contribution in [-0.4, -0.2) is 39.6 Å². The van der Waals surface area contributed by atoms with Gasteiger partial charge in [0.25, 0.3) is 0 Å². The van der Waals surface area contributed by atoms with Gasteiger partial charge in [0.2, 0.25) is 11.1 Å². The maximum absolute atomic E-state index is 13.3. The van der Waals surface area contributed by atoms with E-state index in [-0.39, 0.29) is 71.7 Å². The van der Waals surface area contributed by atoms with Crippen LogP contribution in [0.3, 0.4) is 0 Å². The van der Waals surface area contributed by atoms with Crippen molar-refractivity contribution < 1.29 is 86.6 Å². The van der Waals surface area contributed by atoms with Crippen LogP contribution >= 0.6 is 11.6 Å². The number of primary amides is 1. The lowest BCUT2D eigenvalue weighted by atomic mass is 9.87. The molecule has 8 nitrogen and oxygen atoms in total. The van der Waals surface area contributed by atoms with Gasteiger partial charge in [-0.15, -0.1) is 0 Å². The fraction of sp³-hybridized carbons (Fsp3) is 0.111. The van der Waals surface area contributed by atoms with E-state index in [1.54, 1.807) is 109 Å². The Balaban J connectivity index is 0.000000185. The Labute approximate surface area is 637 Å².